The van der Waals surface area contributed by atoms with Crippen molar-refractivity contribution in [2.75, 3.05) is 26.7 Å². The Bertz CT molecular complexity index is 404. The molecule has 0 radical (unpaired) electrons. The average Bonchev–Trinajstić information content (AvgIpc) is 2.40. The summed E-state index contributed by atoms with van der Waals surface area (Å²) in [4.78, 5) is 25.1. The fourth-order valence-electron chi connectivity index (χ4n) is 2.57. The molecule has 0 bridgehead atoms. The Morgan fingerprint density at radius 3 is 2.52 bits per heavy atom. The third-order valence-electron chi connectivity index (χ3n) is 4.15. The van der Waals surface area contributed by atoms with E-state index in [2.05, 4.69) is 24.5 Å². The van der Waals surface area contributed by atoms with Crippen LogP contribution in [0, 0.1) is 11.8 Å². The number of nitrogens with one attached hydrogen (secondary N) is 2. The fourth-order valence-corrected chi connectivity index (χ4v) is 2.57. The minimum absolute atomic E-state index is 0.218. The Morgan fingerprint density at radius 2 is 2.00 bits per heavy atom. The van der Waals surface area contributed by atoms with E-state index in [1.165, 1.54) is 0 Å². The van der Waals surface area contributed by atoms with Gasteiger partial charge in [0.2, 0.25) is 5.91 Å². The standard InChI is InChI=1S/C17H33N3O3/c1-12(2)13(10-19-16(22)23-17(3,4)5)9-18-14-7-8-15(21)20(6)11-14/h12-14,18H,7-11H2,1-6H3,(H,19,22). The molecule has 0 aromatic heterocycles. The van der Waals surface area contributed by atoms with Gasteiger partial charge in [0.05, 0.1) is 0 Å². The van der Waals surface area contributed by atoms with Crippen molar-refractivity contribution in [1.82, 2.24) is 15.5 Å². The van der Waals surface area contributed by atoms with Gasteiger partial charge >= 0.3 is 6.09 Å². The highest BCUT2D eigenvalue weighted by Crippen LogP contribution is 2.13. The van der Waals surface area contributed by atoms with Crippen molar-refractivity contribution in [2.24, 2.45) is 11.8 Å². The van der Waals surface area contributed by atoms with Gasteiger partial charge in [-0.15, -0.1) is 0 Å². The molecule has 6 heteroatoms. The maximum Gasteiger partial charge on any atom is 0.407 e. The number of likely N-dealkylation sites (tertiary alicyclic amines) is 1. The van der Waals surface area contributed by atoms with E-state index in [0.29, 0.717) is 30.8 Å². The smallest absolute Gasteiger partial charge is 0.407 e. The molecule has 0 aromatic rings. The van der Waals surface area contributed by atoms with Crippen LogP contribution in [0.3, 0.4) is 0 Å². The van der Waals surface area contributed by atoms with Gasteiger partial charge in [-0.2, -0.15) is 0 Å². The van der Waals surface area contributed by atoms with Gasteiger partial charge in [0, 0.05) is 39.1 Å². The van der Waals surface area contributed by atoms with Gasteiger partial charge in [0.25, 0.3) is 0 Å². The second-order valence-corrected chi connectivity index (χ2v) is 7.80. The number of amides is 2. The molecule has 1 heterocycles. The van der Waals surface area contributed by atoms with Gasteiger partial charge in [-0.25, -0.2) is 4.79 Å². The Labute approximate surface area is 140 Å². The van der Waals surface area contributed by atoms with E-state index >= 15 is 0 Å². The van der Waals surface area contributed by atoms with Crippen molar-refractivity contribution in [3.63, 3.8) is 0 Å². The SMILES string of the molecule is CC(C)C(CNC(=O)OC(C)(C)C)CNC1CCC(=O)N(C)C1. The minimum atomic E-state index is -0.477. The fraction of sp³-hybridized carbons (Fsp3) is 0.882. The molecule has 2 amide bonds. The van der Waals surface area contributed by atoms with Crippen LogP contribution in [0.1, 0.15) is 47.5 Å². The summed E-state index contributed by atoms with van der Waals surface area (Å²) in [5.41, 5.74) is -0.477. The van der Waals surface area contributed by atoms with Crippen molar-refractivity contribution >= 4 is 12.0 Å². The number of carbonyl (C=O) groups excluding carboxylic acids is 2. The zero-order valence-corrected chi connectivity index (χ0v) is 15.4. The summed E-state index contributed by atoms with van der Waals surface area (Å²) >= 11 is 0. The molecule has 0 saturated carbocycles. The van der Waals surface area contributed by atoms with Gasteiger partial charge in [0.1, 0.15) is 5.60 Å². The topological polar surface area (TPSA) is 70.7 Å². The van der Waals surface area contributed by atoms with Gasteiger partial charge in [0.15, 0.2) is 0 Å². The lowest BCUT2D eigenvalue weighted by molar-refractivity contribution is -0.132. The van der Waals surface area contributed by atoms with Gasteiger partial charge in [-0.05, 0) is 39.0 Å². The first-order chi connectivity index (χ1) is 10.6. The molecule has 1 rings (SSSR count). The van der Waals surface area contributed by atoms with Crippen molar-refractivity contribution < 1.29 is 14.3 Å². The average molecular weight is 327 g/mol. The molecule has 1 aliphatic heterocycles. The summed E-state index contributed by atoms with van der Waals surface area (Å²) in [6.07, 6.45) is 1.12. The highest BCUT2D eigenvalue weighted by atomic mass is 16.6. The summed E-state index contributed by atoms with van der Waals surface area (Å²) in [7, 11) is 1.85. The molecule has 23 heavy (non-hydrogen) atoms. The summed E-state index contributed by atoms with van der Waals surface area (Å²) in [6, 6.07) is 0.334. The zero-order valence-electron chi connectivity index (χ0n) is 15.4. The Hall–Kier alpha value is -1.30. The van der Waals surface area contributed by atoms with Crippen LogP contribution in [-0.4, -0.2) is 55.2 Å². The molecule has 2 unspecified atom stereocenters. The number of carbonyl (C=O) groups is 2. The highest BCUT2D eigenvalue weighted by molar-refractivity contribution is 5.76. The number of rotatable bonds is 6. The lowest BCUT2D eigenvalue weighted by Gasteiger charge is -2.32. The van der Waals surface area contributed by atoms with Crippen LogP contribution >= 0.6 is 0 Å². The van der Waals surface area contributed by atoms with E-state index in [0.717, 1.165) is 19.5 Å². The highest BCUT2D eigenvalue weighted by Gasteiger charge is 2.24. The number of nitrogens with zero attached hydrogens (tertiary/aromatic N) is 1. The number of ether oxygens (including phenoxy) is 1. The normalized spacial score (nSPS) is 20.6. The Balaban J connectivity index is 2.38. The van der Waals surface area contributed by atoms with Crippen LogP contribution in [0.15, 0.2) is 0 Å². The van der Waals surface area contributed by atoms with Crippen LogP contribution in [0.4, 0.5) is 4.79 Å². The third-order valence-corrected chi connectivity index (χ3v) is 4.15. The van der Waals surface area contributed by atoms with Crippen LogP contribution in [0.2, 0.25) is 0 Å². The van der Waals surface area contributed by atoms with E-state index < -0.39 is 5.60 Å². The molecule has 1 aliphatic rings. The zero-order chi connectivity index (χ0) is 17.6. The van der Waals surface area contributed by atoms with Crippen LogP contribution < -0.4 is 10.6 Å². The molecule has 0 spiro atoms. The first kappa shape index (κ1) is 19.7. The molecule has 0 aliphatic carbocycles. The summed E-state index contributed by atoms with van der Waals surface area (Å²) in [6.45, 7) is 12.0. The van der Waals surface area contributed by atoms with Crippen LogP contribution in [-0.2, 0) is 9.53 Å². The first-order valence-electron chi connectivity index (χ1n) is 8.52. The lowest BCUT2D eigenvalue weighted by Crippen LogP contribution is -2.49. The lowest BCUT2D eigenvalue weighted by atomic mass is 9.95. The molecule has 2 atom stereocenters. The maximum absolute atomic E-state index is 11.8. The molecular weight excluding hydrogens is 294 g/mol. The molecule has 6 nitrogen and oxygen atoms in total. The number of hydrogen-bond acceptors (Lipinski definition) is 4. The van der Waals surface area contributed by atoms with Crippen molar-refractivity contribution in [2.45, 2.75) is 59.1 Å². The number of likely N-dealkylation sites (N-methyl/N-ethyl adjacent to an activating group) is 1. The Morgan fingerprint density at radius 1 is 1.35 bits per heavy atom. The number of alkyl carbamates (subject to hydrolysis) is 1. The summed E-state index contributed by atoms with van der Waals surface area (Å²) in [5, 5.41) is 6.40. The van der Waals surface area contributed by atoms with Crippen molar-refractivity contribution in [3.05, 3.63) is 0 Å². The minimum Gasteiger partial charge on any atom is -0.444 e. The number of hydrogen-bond donors (Lipinski definition) is 2. The van der Waals surface area contributed by atoms with E-state index in [9.17, 15) is 9.59 Å². The van der Waals surface area contributed by atoms with E-state index in [1.54, 1.807) is 4.90 Å². The predicted molar refractivity (Wildman–Crippen MR) is 91.2 cm³/mol. The summed E-state index contributed by atoms with van der Waals surface area (Å²) < 4.78 is 5.27. The molecule has 0 aromatic carbocycles. The quantitative estimate of drug-likeness (QED) is 0.783. The molecule has 134 valence electrons. The third kappa shape index (κ3) is 7.68. The van der Waals surface area contributed by atoms with Gasteiger partial charge < -0.3 is 20.3 Å². The van der Waals surface area contributed by atoms with Crippen molar-refractivity contribution in [3.8, 4) is 0 Å². The largest absolute Gasteiger partial charge is 0.444 e. The maximum atomic E-state index is 11.8. The second kappa shape index (κ2) is 8.52. The van der Waals surface area contributed by atoms with Crippen LogP contribution in [0.25, 0.3) is 0 Å². The van der Waals surface area contributed by atoms with E-state index in [1.807, 2.05) is 27.8 Å². The monoisotopic (exact) mass is 327 g/mol. The van der Waals surface area contributed by atoms with Gasteiger partial charge in [-0.3, -0.25) is 4.79 Å². The molecular formula is C17H33N3O3. The second-order valence-electron chi connectivity index (χ2n) is 7.80. The number of piperidine rings is 1. The van der Waals surface area contributed by atoms with E-state index in [-0.39, 0.29) is 12.0 Å². The van der Waals surface area contributed by atoms with Crippen molar-refractivity contribution in [1.29, 1.82) is 0 Å². The molecule has 2 N–H and O–H groups in total. The molecule has 1 saturated heterocycles. The molecule has 1 fully saturated rings. The van der Waals surface area contributed by atoms with Crippen LogP contribution in [0.5, 0.6) is 0 Å². The Kier molecular flexibility index (Phi) is 7.32. The first-order valence-corrected chi connectivity index (χ1v) is 8.52. The predicted octanol–water partition coefficient (Wildman–Crippen LogP) is 1.99. The summed E-state index contributed by atoms with van der Waals surface area (Å²) in [5.74, 6) is 0.987. The van der Waals surface area contributed by atoms with E-state index in [4.69, 9.17) is 4.74 Å². The van der Waals surface area contributed by atoms with Gasteiger partial charge in [-0.1, -0.05) is 13.8 Å².